The van der Waals surface area contributed by atoms with Crippen LogP contribution in [0.1, 0.15) is 46.0 Å². The van der Waals surface area contributed by atoms with Crippen LogP contribution in [0.5, 0.6) is 0 Å². The summed E-state index contributed by atoms with van der Waals surface area (Å²) in [6.07, 6.45) is 6.94. The Morgan fingerprint density at radius 3 is 2.50 bits per heavy atom. The monoisotopic (exact) mass is 188 g/mol. The molecule has 0 amide bonds. The topological polar surface area (TPSA) is 0 Å². The molecule has 0 radical (unpaired) electrons. The Morgan fingerprint density at radius 2 is 2.08 bits per heavy atom. The predicted molar refractivity (Wildman–Crippen MR) is 55.6 cm³/mol. The van der Waals surface area contributed by atoms with Gasteiger partial charge in [-0.3, -0.25) is 0 Å². The molecule has 1 fully saturated rings. The quantitative estimate of drug-likeness (QED) is 0.552. The Labute approximate surface area is 81.7 Å². The average molecular weight is 189 g/mol. The zero-order chi connectivity index (χ0) is 8.97. The number of halogens is 1. The maximum absolute atomic E-state index is 5.95. The minimum absolute atomic E-state index is 0.827. The van der Waals surface area contributed by atoms with E-state index in [1.165, 1.54) is 32.1 Å². The van der Waals surface area contributed by atoms with Gasteiger partial charge in [0, 0.05) is 5.88 Å². The molecule has 1 heteroatoms. The van der Waals surface area contributed by atoms with Crippen molar-refractivity contribution in [3.63, 3.8) is 0 Å². The van der Waals surface area contributed by atoms with Crippen molar-refractivity contribution in [1.82, 2.24) is 0 Å². The van der Waals surface area contributed by atoms with Crippen LogP contribution in [0, 0.1) is 17.8 Å². The molecule has 2 atom stereocenters. The molecule has 0 bridgehead atoms. The maximum atomic E-state index is 5.95. The molecule has 0 spiro atoms. The molecule has 0 N–H and O–H groups in total. The lowest BCUT2D eigenvalue weighted by molar-refractivity contribution is 0.365. The van der Waals surface area contributed by atoms with Crippen molar-refractivity contribution >= 4 is 11.6 Å². The van der Waals surface area contributed by atoms with E-state index in [4.69, 9.17) is 11.6 Å². The van der Waals surface area contributed by atoms with E-state index in [0.29, 0.717) is 0 Å². The molecular weight excluding hydrogens is 168 g/mol. The first-order valence-corrected chi connectivity index (χ1v) is 5.87. The fourth-order valence-corrected chi connectivity index (χ4v) is 2.45. The van der Waals surface area contributed by atoms with Gasteiger partial charge in [-0.25, -0.2) is 0 Å². The number of rotatable bonds is 6. The number of hydrogen-bond donors (Lipinski definition) is 0. The van der Waals surface area contributed by atoms with Gasteiger partial charge in [0.2, 0.25) is 0 Å². The summed E-state index contributed by atoms with van der Waals surface area (Å²) in [5.74, 6) is 3.59. The first-order chi connectivity index (χ1) is 5.77. The van der Waals surface area contributed by atoms with Crippen LogP contribution in [0.2, 0.25) is 0 Å². The molecule has 0 saturated heterocycles. The summed E-state index contributed by atoms with van der Waals surface area (Å²) in [6, 6.07) is 0. The lowest BCUT2D eigenvalue weighted by Gasteiger charge is -2.17. The number of alkyl halides is 1. The van der Waals surface area contributed by atoms with Crippen LogP contribution in [0.3, 0.4) is 0 Å². The highest BCUT2D eigenvalue weighted by Crippen LogP contribution is 2.40. The van der Waals surface area contributed by atoms with E-state index < -0.39 is 0 Å². The van der Waals surface area contributed by atoms with Gasteiger partial charge in [-0.15, -0.1) is 11.6 Å². The SMILES string of the molecule is CCCC(C)CC(CCl)C1CC1. The molecule has 2 unspecified atom stereocenters. The molecule has 0 heterocycles. The Morgan fingerprint density at radius 1 is 1.42 bits per heavy atom. The van der Waals surface area contributed by atoms with Crippen molar-refractivity contribution in [2.75, 3.05) is 5.88 Å². The van der Waals surface area contributed by atoms with Crippen molar-refractivity contribution in [2.45, 2.75) is 46.0 Å². The Bertz CT molecular complexity index is 118. The standard InChI is InChI=1S/C11H21Cl/c1-3-4-9(2)7-11(8-12)10-5-6-10/h9-11H,3-8H2,1-2H3. The summed E-state index contributed by atoms with van der Waals surface area (Å²) < 4.78 is 0. The van der Waals surface area contributed by atoms with Crippen LogP contribution in [0.4, 0.5) is 0 Å². The van der Waals surface area contributed by atoms with Crippen molar-refractivity contribution in [1.29, 1.82) is 0 Å². The zero-order valence-electron chi connectivity index (χ0n) is 8.35. The molecule has 1 aliphatic rings. The number of hydrogen-bond acceptors (Lipinski definition) is 0. The van der Waals surface area contributed by atoms with E-state index in [1.54, 1.807) is 0 Å². The third kappa shape index (κ3) is 3.35. The van der Waals surface area contributed by atoms with Crippen molar-refractivity contribution in [3.8, 4) is 0 Å². The van der Waals surface area contributed by atoms with Gasteiger partial charge in [0.25, 0.3) is 0 Å². The van der Waals surface area contributed by atoms with E-state index in [9.17, 15) is 0 Å². The van der Waals surface area contributed by atoms with Crippen LogP contribution in [0.15, 0.2) is 0 Å². The second-order valence-corrected chi connectivity index (χ2v) is 4.69. The van der Waals surface area contributed by atoms with Gasteiger partial charge in [-0.2, -0.15) is 0 Å². The normalized spacial score (nSPS) is 22.2. The molecule has 0 aliphatic heterocycles. The first kappa shape index (κ1) is 10.4. The molecule has 0 aromatic heterocycles. The van der Waals surface area contributed by atoms with Crippen molar-refractivity contribution in [2.24, 2.45) is 17.8 Å². The highest BCUT2D eigenvalue weighted by Gasteiger charge is 2.30. The van der Waals surface area contributed by atoms with E-state index in [-0.39, 0.29) is 0 Å². The largest absolute Gasteiger partial charge is 0.126 e. The fraction of sp³-hybridized carbons (Fsp3) is 1.00. The minimum atomic E-state index is 0.827. The van der Waals surface area contributed by atoms with Crippen molar-refractivity contribution in [3.05, 3.63) is 0 Å². The van der Waals surface area contributed by atoms with E-state index in [1.807, 2.05) is 0 Å². The smallest absolute Gasteiger partial charge is 0.0254 e. The second-order valence-electron chi connectivity index (χ2n) is 4.38. The summed E-state index contributed by atoms with van der Waals surface area (Å²) in [6.45, 7) is 4.63. The summed E-state index contributed by atoms with van der Waals surface area (Å²) >= 11 is 5.95. The maximum Gasteiger partial charge on any atom is 0.0254 e. The fourth-order valence-electron chi connectivity index (χ4n) is 2.08. The molecule has 1 saturated carbocycles. The summed E-state index contributed by atoms with van der Waals surface area (Å²) in [5, 5.41) is 0. The average Bonchev–Trinajstić information content (AvgIpc) is 2.83. The summed E-state index contributed by atoms with van der Waals surface area (Å²) in [5.41, 5.74) is 0. The lowest BCUT2D eigenvalue weighted by atomic mass is 9.91. The zero-order valence-corrected chi connectivity index (χ0v) is 9.11. The Hall–Kier alpha value is 0.290. The molecule has 1 rings (SSSR count). The van der Waals surface area contributed by atoms with Crippen LogP contribution >= 0.6 is 11.6 Å². The van der Waals surface area contributed by atoms with Crippen LogP contribution in [-0.2, 0) is 0 Å². The third-order valence-corrected chi connectivity index (χ3v) is 3.37. The summed E-state index contributed by atoms with van der Waals surface area (Å²) in [4.78, 5) is 0. The van der Waals surface area contributed by atoms with Crippen molar-refractivity contribution < 1.29 is 0 Å². The van der Waals surface area contributed by atoms with Gasteiger partial charge >= 0.3 is 0 Å². The Kier molecular flexibility index (Phi) is 4.42. The predicted octanol–water partition coefficient (Wildman–Crippen LogP) is 4.08. The van der Waals surface area contributed by atoms with Gasteiger partial charge in [0.05, 0.1) is 0 Å². The van der Waals surface area contributed by atoms with Gasteiger partial charge in [0.15, 0.2) is 0 Å². The summed E-state index contributed by atoms with van der Waals surface area (Å²) in [7, 11) is 0. The van der Waals surface area contributed by atoms with E-state index >= 15 is 0 Å². The van der Waals surface area contributed by atoms with Gasteiger partial charge in [-0.05, 0) is 37.0 Å². The molecular formula is C11H21Cl. The van der Waals surface area contributed by atoms with Gasteiger partial charge in [0.1, 0.15) is 0 Å². The van der Waals surface area contributed by atoms with Crippen LogP contribution in [0.25, 0.3) is 0 Å². The first-order valence-electron chi connectivity index (χ1n) is 5.33. The lowest BCUT2D eigenvalue weighted by Crippen LogP contribution is -2.10. The highest BCUT2D eigenvalue weighted by atomic mass is 35.5. The molecule has 12 heavy (non-hydrogen) atoms. The molecule has 0 aromatic rings. The van der Waals surface area contributed by atoms with Crippen LogP contribution < -0.4 is 0 Å². The van der Waals surface area contributed by atoms with E-state index in [0.717, 1.165) is 23.6 Å². The molecule has 1 aliphatic carbocycles. The van der Waals surface area contributed by atoms with Crippen LogP contribution in [-0.4, -0.2) is 5.88 Å². The highest BCUT2D eigenvalue weighted by molar-refractivity contribution is 6.18. The molecule has 0 nitrogen and oxygen atoms in total. The Balaban J connectivity index is 2.16. The molecule has 72 valence electrons. The van der Waals surface area contributed by atoms with Gasteiger partial charge < -0.3 is 0 Å². The van der Waals surface area contributed by atoms with E-state index in [2.05, 4.69) is 13.8 Å². The third-order valence-electron chi connectivity index (χ3n) is 2.97. The second kappa shape index (κ2) is 5.11. The van der Waals surface area contributed by atoms with Gasteiger partial charge in [-0.1, -0.05) is 26.7 Å². The minimum Gasteiger partial charge on any atom is -0.126 e. The molecule has 0 aromatic carbocycles.